The zero-order valence-corrected chi connectivity index (χ0v) is 15.6. The molecule has 2 atom stereocenters. The van der Waals surface area contributed by atoms with Crippen molar-refractivity contribution in [2.24, 2.45) is 7.05 Å². The molecule has 2 unspecified atom stereocenters. The number of carbonyl (C=O) groups is 1. The Morgan fingerprint density at radius 3 is 2.40 bits per heavy atom. The van der Waals surface area contributed by atoms with Crippen molar-refractivity contribution in [3.63, 3.8) is 0 Å². The molecule has 0 aliphatic rings. The van der Waals surface area contributed by atoms with Crippen LogP contribution >= 0.6 is 0 Å². The summed E-state index contributed by atoms with van der Waals surface area (Å²) < 4.78 is 12.4. The Hall–Kier alpha value is -2.54. The number of ether oxygens (including phenoxy) is 2. The van der Waals surface area contributed by atoms with Crippen LogP contribution in [0.15, 0.2) is 24.5 Å². The molecule has 25 heavy (non-hydrogen) atoms. The number of rotatable bonds is 7. The van der Waals surface area contributed by atoms with E-state index >= 15 is 0 Å². The Bertz CT molecular complexity index is 742. The summed E-state index contributed by atoms with van der Waals surface area (Å²) in [5.41, 5.74) is 2.82. The summed E-state index contributed by atoms with van der Waals surface area (Å²) in [5.74, 6) is 1.20. The van der Waals surface area contributed by atoms with Crippen LogP contribution in [-0.2, 0) is 11.8 Å². The summed E-state index contributed by atoms with van der Waals surface area (Å²) in [4.78, 5) is 12.7. The highest BCUT2D eigenvalue weighted by atomic mass is 16.5. The van der Waals surface area contributed by atoms with E-state index in [4.69, 9.17) is 9.47 Å². The van der Waals surface area contributed by atoms with E-state index in [-0.39, 0.29) is 11.9 Å². The predicted molar refractivity (Wildman–Crippen MR) is 95.8 cm³/mol. The van der Waals surface area contributed by atoms with Gasteiger partial charge in [0.05, 0.1) is 26.5 Å². The lowest BCUT2D eigenvalue weighted by atomic mass is 10.0. The molecule has 0 radical (unpaired) electrons. The van der Waals surface area contributed by atoms with Crippen LogP contribution in [-0.4, -0.2) is 37.0 Å². The molecular weight excluding hydrogens is 320 g/mol. The van der Waals surface area contributed by atoms with Gasteiger partial charge in [-0.1, -0.05) is 0 Å². The summed E-state index contributed by atoms with van der Waals surface area (Å²) in [6, 6.07) is 3.17. The van der Waals surface area contributed by atoms with Crippen molar-refractivity contribution >= 4 is 5.91 Å². The number of likely N-dealkylation sites (N-methyl/N-ethyl adjacent to an activating group) is 1. The van der Waals surface area contributed by atoms with Gasteiger partial charge in [0.2, 0.25) is 5.91 Å². The number of carbonyl (C=O) groups excluding carboxylic acids is 1. The second-order valence-corrected chi connectivity index (χ2v) is 5.96. The zero-order valence-electron chi connectivity index (χ0n) is 15.6. The second-order valence-electron chi connectivity index (χ2n) is 5.96. The normalized spacial score (nSPS) is 13.2. The molecule has 0 bridgehead atoms. The monoisotopic (exact) mass is 346 g/mol. The molecule has 0 aliphatic heterocycles. The molecule has 0 saturated heterocycles. The number of hydrogen-bond acceptors (Lipinski definition) is 5. The molecule has 0 spiro atoms. The van der Waals surface area contributed by atoms with Gasteiger partial charge in [0.1, 0.15) is 6.04 Å². The SMILES string of the molecule is CNC(C(=O)NC(C)c1cc(OC)c(OC)cc1C)c1cnn(C)c1. The van der Waals surface area contributed by atoms with E-state index in [9.17, 15) is 4.79 Å². The quantitative estimate of drug-likeness (QED) is 0.800. The largest absolute Gasteiger partial charge is 0.493 e. The van der Waals surface area contributed by atoms with E-state index in [0.717, 1.165) is 16.7 Å². The predicted octanol–water partition coefficient (Wildman–Crippen LogP) is 1.88. The third kappa shape index (κ3) is 4.11. The van der Waals surface area contributed by atoms with Crippen LogP contribution in [0.1, 0.15) is 35.7 Å². The number of aromatic nitrogens is 2. The highest BCUT2D eigenvalue weighted by Crippen LogP contribution is 2.33. The van der Waals surface area contributed by atoms with Gasteiger partial charge >= 0.3 is 0 Å². The first kappa shape index (κ1) is 18.8. The Morgan fingerprint density at radius 1 is 1.24 bits per heavy atom. The average Bonchev–Trinajstić information content (AvgIpc) is 3.00. The van der Waals surface area contributed by atoms with Gasteiger partial charge in [-0.2, -0.15) is 5.10 Å². The van der Waals surface area contributed by atoms with Crippen LogP contribution in [0.5, 0.6) is 11.5 Å². The topological polar surface area (TPSA) is 77.4 Å². The first-order valence-corrected chi connectivity index (χ1v) is 8.10. The van der Waals surface area contributed by atoms with Crippen molar-refractivity contribution in [3.05, 3.63) is 41.2 Å². The molecule has 0 saturated carbocycles. The number of amides is 1. The molecule has 0 fully saturated rings. The van der Waals surface area contributed by atoms with Crippen molar-refractivity contribution < 1.29 is 14.3 Å². The van der Waals surface area contributed by atoms with Crippen LogP contribution in [0.25, 0.3) is 0 Å². The van der Waals surface area contributed by atoms with Crippen molar-refractivity contribution in [1.29, 1.82) is 0 Å². The lowest BCUT2D eigenvalue weighted by Gasteiger charge is -2.22. The minimum absolute atomic E-state index is 0.114. The molecule has 1 aromatic carbocycles. The summed E-state index contributed by atoms with van der Waals surface area (Å²) in [6.45, 7) is 3.93. The van der Waals surface area contributed by atoms with Crippen LogP contribution in [0.2, 0.25) is 0 Å². The second kappa shape index (κ2) is 8.02. The lowest BCUT2D eigenvalue weighted by Crippen LogP contribution is -2.37. The molecule has 0 aliphatic carbocycles. The number of methoxy groups -OCH3 is 2. The van der Waals surface area contributed by atoms with E-state index in [1.807, 2.05) is 39.2 Å². The van der Waals surface area contributed by atoms with Crippen molar-refractivity contribution in [1.82, 2.24) is 20.4 Å². The first-order valence-electron chi connectivity index (χ1n) is 8.10. The molecule has 2 aromatic rings. The first-order chi connectivity index (χ1) is 11.9. The Kier molecular flexibility index (Phi) is 6.03. The average molecular weight is 346 g/mol. The fraction of sp³-hybridized carbons (Fsp3) is 0.444. The van der Waals surface area contributed by atoms with Crippen LogP contribution < -0.4 is 20.1 Å². The zero-order chi connectivity index (χ0) is 18.6. The summed E-state index contributed by atoms with van der Waals surface area (Å²) in [6.07, 6.45) is 3.51. The molecule has 1 heterocycles. The van der Waals surface area contributed by atoms with Gasteiger partial charge in [-0.25, -0.2) is 0 Å². The van der Waals surface area contributed by atoms with Gasteiger partial charge in [-0.05, 0) is 44.2 Å². The van der Waals surface area contributed by atoms with Gasteiger partial charge < -0.3 is 20.1 Å². The minimum Gasteiger partial charge on any atom is -0.493 e. The van der Waals surface area contributed by atoms with Crippen LogP contribution in [0, 0.1) is 6.92 Å². The van der Waals surface area contributed by atoms with E-state index in [2.05, 4.69) is 15.7 Å². The van der Waals surface area contributed by atoms with Crippen molar-refractivity contribution in [3.8, 4) is 11.5 Å². The Morgan fingerprint density at radius 2 is 1.88 bits per heavy atom. The number of aryl methyl sites for hydroxylation is 2. The molecule has 1 amide bonds. The van der Waals surface area contributed by atoms with Gasteiger partial charge in [0.25, 0.3) is 0 Å². The fourth-order valence-corrected chi connectivity index (χ4v) is 2.88. The lowest BCUT2D eigenvalue weighted by molar-refractivity contribution is -0.123. The van der Waals surface area contributed by atoms with Gasteiger partial charge in [0, 0.05) is 18.8 Å². The maximum Gasteiger partial charge on any atom is 0.242 e. The number of nitrogens with one attached hydrogen (secondary N) is 2. The van der Waals surface area contributed by atoms with E-state index < -0.39 is 6.04 Å². The summed E-state index contributed by atoms with van der Waals surface area (Å²) in [5, 5.41) is 10.2. The standard InChI is InChI=1S/C18H26N4O3/c1-11-7-15(24-5)16(25-6)8-14(11)12(2)21-18(23)17(19-3)13-9-20-22(4)10-13/h7-10,12,17,19H,1-6H3,(H,21,23). The van der Waals surface area contributed by atoms with Crippen LogP contribution in [0.4, 0.5) is 0 Å². The molecule has 1 aromatic heterocycles. The third-order valence-electron chi connectivity index (χ3n) is 4.21. The smallest absolute Gasteiger partial charge is 0.242 e. The highest BCUT2D eigenvalue weighted by molar-refractivity contribution is 5.83. The molecule has 7 nitrogen and oxygen atoms in total. The molecule has 136 valence electrons. The van der Waals surface area contributed by atoms with Crippen LogP contribution in [0.3, 0.4) is 0 Å². The maximum absolute atomic E-state index is 12.7. The highest BCUT2D eigenvalue weighted by Gasteiger charge is 2.23. The summed E-state index contributed by atoms with van der Waals surface area (Å²) >= 11 is 0. The molecule has 7 heteroatoms. The Labute approximate surface area is 148 Å². The fourth-order valence-electron chi connectivity index (χ4n) is 2.88. The molecule has 2 N–H and O–H groups in total. The van der Waals surface area contributed by atoms with Gasteiger partial charge in [-0.3, -0.25) is 9.48 Å². The Balaban J connectivity index is 2.20. The molecular formula is C18H26N4O3. The number of benzene rings is 1. The summed E-state index contributed by atoms with van der Waals surface area (Å²) in [7, 11) is 6.78. The molecule has 2 rings (SSSR count). The van der Waals surface area contributed by atoms with E-state index in [1.165, 1.54) is 0 Å². The van der Waals surface area contributed by atoms with E-state index in [1.54, 1.807) is 32.1 Å². The maximum atomic E-state index is 12.7. The van der Waals surface area contributed by atoms with Crippen molar-refractivity contribution in [2.75, 3.05) is 21.3 Å². The van der Waals surface area contributed by atoms with E-state index in [0.29, 0.717) is 11.5 Å². The number of nitrogens with zero attached hydrogens (tertiary/aromatic N) is 2. The third-order valence-corrected chi connectivity index (χ3v) is 4.21. The minimum atomic E-state index is -0.461. The van der Waals surface area contributed by atoms with Gasteiger partial charge in [0.15, 0.2) is 11.5 Å². The van der Waals surface area contributed by atoms with Gasteiger partial charge in [-0.15, -0.1) is 0 Å². The van der Waals surface area contributed by atoms with Crippen molar-refractivity contribution in [2.45, 2.75) is 25.9 Å². The number of hydrogen-bond donors (Lipinski definition) is 2.